The molecule has 8 bridgehead atoms. The molecule has 0 radical (unpaired) electrons. The van der Waals surface area contributed by atoms with Gasteiger partial charge in [0.2, 0.25) is 0 Å². The summed E-state index contributed by atoms with van der Waals surface area (Å²) >= 11 is 0. The number of esters is 1. The van der Waals surface area contributed by atoms with Crippen LogP contribution in [-0.2, 0) is 14.3 Å². The SMILES string of the molecule is C=Cc1cc2[nH]c1/C=C1N=C(/C=c3\[nH]c4c(c3C)C(=O)[C@H](C(=O)OC)C=4C3N/C(=C\2)[C@@H](C)[C@@H]3CCC(=O)O)C(CC)=C\1C. The second-order valence-electron chi connectivity index (χ2n) is 11.7. The molecule has 0 aromatic carbocycles. The van der Waals surface area contributed by atoms with Crippen molar-refractivity contribution in [2.45, 2.75) is 53.0 Å². The number of H-pyrrole nitrogens is 2. The van der Waals surface area contributed by atoms with Gasteiger partial charge in [0.15, 0.2) is 5.78 Å². The van der Waals surface area contributed by atoms with Gasteiger partial charge in [-0.3, -0.25) is 14.4 Å². The summed E-state index contributed by atoms with van der Waals surface area (Å²) in [6, 6.07) is 1.55. The van der Waals surface area contributed by atoms with E-state index in [0.29, 0.717) is 22.9 Å². The van der Waals surface area contributed by atoms with Crippen molar-refractivity contribution in [1.29, 1.82) is 0 Å². The minimum Gasteiger partial charge on any atom is -0.481 e. The predicted molar refractivity (Wildman–Crippen MR) is 166 cm³/mol. The van der Waals surface area contributed by atoms with Gasteiger partial charge in [-0.2, -0.15) is 0 Å². The van der Waals surface area contributed by atoms with E-state index in [9.17, 15) is 19.5 Å². The number of carbonyl (C=O) groups excluding carboxylic acids is 2. The number of nitrogens with zero attached hydrogens (tertiary/aromatic N) is 1. The van der Waals surface area contributed by atoms with Crippen molar-refractivity contribution in [3.05, 3.63) is 74.0 Å². The maximum atomic E-state index is 14.0. The number of ether oxygens (including phenoxy) is 1. The van der Waals surface area contributed by atoms with Gasteiger partial charge in [-0.15, -0.1) is 0 Å². The number of carbonyl (C=O) groups is 3. The molecule has 1 unspecified atom stereocenters. The van der Waals surface area contributed by atoms with Gasteiger partial charge >= 0.3 is 11.9 Å². The third kappa shape index (κ3) is 4.45. The molecule has 222 valence electrons. The predicted octanol–water partition coefficient (Wildman–Crippen LogP) is 3.88. The number of allylic oxidation sites excluding steroid dienone is 3. The molecule has 1 aliphatic carbocycles. The monoisotopic (exact) mass is 580 g/mol. The van der Waals surface area contributed by atoms with Gasteiger partial charge in [-0.25, -0.2) is 4.99 Å². The number of rotatable bonds is 6. The molecule has 6 rings (SSSR count). The normalized spacial score (nSPS) is 27.1. The number of aromatic amines is 2. The van der Waals surface area contributed by atoms with E-state index >= 15 is 0 Å². The maximum Gasteiger partial charge on any atom is 0.320 e. The molecule has 4 atom stereocenters. The van der Waals surface area contributed by atoms with Crippen LogP contribution < -0.4 is 16.0 Å². The van der Waals surface area contributed by atoms with Gasteiger partial charge in [0.1, 0.15) is 5.92 Å². The van der Waals surface area contributed by atoms with E-state index in [-0.39, 0.29) is 24.0 Å². The Bertz CT molecular complexity index is 1860. The summed E-state index contributed by atoms with van der Waals surface area (Å²) in [5.74, 6) is -3.22. The molecule has 2 aromatic rings. The minimum atomic E-state index is -1.12. The van der Waals surface area contributed by atoms with Crippen molar-refractivity contribution in [2.24, 2.45) is 22.7 Å². The molecule has 0 spiro atoms. The van der Waals surface area contributed by atoms with Crippen LogP contribution in [0.3, 0.4) is 0 Å². The Labute approximate surface area is 249 Å². The zero-order chi connectivity index (χ0) is 30.7. The smallest absolute Gasteiger partial charge is 0.320 e. The first kappa shape index (κ1) is 28.5. The van der Waals surface area contributed by atoms with E-state index in [0.717, 1.165) is 62.5 Å². The minimum absolute atomic E-state index is 0.0354. The van der Waals surface area contributed by atoms with E-state index in [1.165, 1.54) is 7.11 Å². The molecule has 2 aromatic heterocycles. The van der Waals surface area contributed by atoms with Gasteiger partial charge in [0.25, 0.3) is 0 Å². The first-order valence-electron chi connectivity index (χ1n) is 14.7. The largest absolute Gasteiger partial charge is 0.481 e. The molecular formula is C34H36N4O5. The number of carboxylic acids is 1. The standard InChI is InChI=1S/C34H36N4O5/c1-7-18-11-19-12-22-16(4)21(9-10-27(39)40)31(37-22)29-30(34(42)43-6)33(41)28-17(5)24(38-32(28)29)14-26-20(8-2)15(3)23(36-26)13-25(18)35-19/h7,11-14,16,21,30-31,35,37-38H,1,8-10H2,2-6H3,(H,39,40)/b22-12-,23-13-,24-14-/t16-,21-,30+,31?/m0/s1. The third-order valence-corrected chi connectivity index (χ3v) is 9.48. The fraction of sp³-hybridized carbons (Fsp3) is 0.353. The van der Waals surface area contributed by atoms with Gasteiger partial charge < -0.3 is 25.1 Å². The lowest BCUT2D eigenvalue weighted by Crippen LogP contribution is -2.38. The average molecular weight is 581 g/mol. The average Bonchev–Trinajstić information content (AvgIpc) is 3.73. The molecule has 9 heteroatoms. The number of aliphatic carboxylic acids is 1. The topological polar surface area (TPSA) is 137 Å². The van der Waals surface area contributed by atoms with E-state index in [1.807, 2.05) is 31.2 Å². The molecule has 1 fully saturated rings. The van der Waals surface area contributed by atoms with E-state index in [1.54, 1.807) is 6.08 Å². The Balaban J connectivity index is 1.68. The number of aromatic nitrogens is 2. The Hall–Kier alpha value is -4.66. The molecule has 4 aliphatic rings. The number of methoxy groups -OCH3 is 1. The summed E-state index contributed by atoms with van der Waals surface area (Å²) in [5.41, 5.74) is 9.25. The fourth-order valence-corrected chi connectivity index (χ4v) is 7.17. The lowest BCUT2D eigenvalue weighted by Gasteiger charge is -2.25. The molecule has 9 nitrogen and oxygen atoms in total. The molecule has 43 heavy (non-hydrogen) atoms. The quantitative estimate of drug-likeness (QED) is 0.303. The van der Waals surface area contributed by atoms with Crippen molar-refractivity contribution in [1.82, 2.24) is 15.3 Å². The number of carboxylic acid groups (broad SMARTS) is 1. The first-order valence-corrected chi connectivity index (χ1v) is 14.7. The summed E-state index contributed by atoms with van der Waals surface area (Å²) < 4.78 is 5.14. The van der Waals surface area contributed by atoms with Crippen LogP contribution in [0.15, 0.2) is 40.2 Å². The number of nitrogens with one attached hydrogen (secondary N) is 3. The van der Waals surface area contributed by atoms with Crippen LogP contribution in [0.5, 0.6) is 0 Å². The first-order chi connectivity index (χ1) is 20.6. The molecule has 4 N–H and O–H groups in total. The highest BCUT2D eigenvalue weighted by Crippen LogP contribution is 2.42. The van der Waals surface area contributed by atoms with Crippen LogP contribution in [0.1, 0.15) is 72.9 Å². The van der Waals surface area contributed by atoms with Gasteiger partial charge in [-0.05, 0) is 84.7 Å². The number of fused-ring (bicyclic) bond motifs is 7. The Morgan fingerprint density at radius 2 is 1.95 bits per heavy atom. The number of ketones is 1. The number of Topliss-reactive ketones (excluding diaryl/α,β-unsaturated/α-hetero) is 1. The molecular weight excluding hydrogens is 544 g/mol. The highest BCUT2D eigenvalue weighted by atomic mass is 16.5. The Kier molecular flexibility index (Phi) is 6.99. The second-order valence-corrected chi connectivity index (χ2v) is 11.7. The third-order valence-electron chi connectivity index (χ3n) is 9.48. The van der Waals surface area contributed by atoms with Crippen molar-refractivity contribution in [3.63, 3.8) is 0 Å². The van der Waals surface area contributed by atoms with Crippen molar-refractivity contribution in [3.8, 4) is 0 Å². The lowest BCUT2D eigenvalue weighted by molar-refractivity contribution is -0.142. The molecule has 1 saturated heterocycles. The van der Waals surface area contributed by atoms with Crippen molar-refractivity contribution < 1.29 is 24.2 Å². The van der Waals surface area contributed by atoms with Crippen LogP contribution >= 0.6 is 0 Å². The second kappa shape index (κ2) is 10.6. The van der Waals surface area contributed by atoms with Crippen LogP contribution in [0.4, 0.5) is 0 Å². The number of hydrogen-bond acceptors (Lipinski definition) is 6. The zero-order valence-electron chi connectivity index (χ0n) is 25.1. The lowest BCUT2D eigenvalue weighted by atomic mass is 9.80. The number of aliphatic imine (C=N–C) groups is 1. The fourth-order valence-electron chi connectivity index (χ4n) is 7.17. The molecule has 3 aliphatic heterocycles. The zero-order valence-corrected chi connectivity index (χ0v) is 25.1. The molecule has 0 saturated carbocycles. The van der Waals surface area contributed by atoms with Crippen LogP contribution in [0.2, 0.25) is 0 Å². The highest BCUT2D eigenvalue weighted by Gasteiger charge is 2.49. The van der Waals surface area contributed by atoms with Crippen molar-refractivity contribution in [2.75, 3.05) is 7.11 Å². The summed E-state index contributed by atoms with van der Waals surface area (Å²) in [6.07, 6.45) is 8.96. The van der Waals surface area contributed by atoms with E-state index in [4.69, 9.17) is 9.73 Å². The summed E-state index contributed by atoms with van der Waals surface area (Å²) in [6.45, 7) is 12.1. The molecule has 5 heterocycles. The summed E-state index contributed by atoms with van der Waals surface area (Å²) in [7, 11) is 1.28. The number of hydrogen-bond donors (Lipinski definition) is 4. The summed E-state index contributed by atoms with van der Waals surface area (Å²) in [5, 5.41) is 14.6. The Morgan fingerprint density at radius 1 is 1.19 bits per heavy atom. The van der Waals surface area contributed by atoms with E-state index < -0.39 is 23.9 Å². The Morgan fingerprint density at radius 3 is 2.63 bits per heavy atom. The van der Waals surface area contributed by atoms with Crippen LogP contribution in [-0.4, -0.2) is 51.7 Å². The highest BCUT2D eigenvalue weighted by molar-refractivity contribution is 6.24. The van der Waals surface area contributed by atoms with Crippen LogP contribution in [0, 0.1) is 24.7 Å². The van der Waals surface area contributed by atoms with Crippen LogP contribution in [0.25, 0.3) is 29.9 Å². The molecule has 0 amide bonds. The van der Waals surface area contributed by atoms with Gasteiger partial charge in [0, 0.05) is 40.3 Å². The maximum absolute atomic E-state index is 14.0. The summed E-state index contributed by atoms with van der Waals surface area (Å²) in [4.78, 5) is 50.9. The van der Waals surface area contributed by atoms with Crippen molar-refractivity contribution >= 4 is 53.3 Å². The van der Waals surface area contributed by atoms with Gasteiger partial charge in [-0.1, -0.05) is 26.5 Å². The van der Waals surface area contributed by atoms with Gasteiger partial charge in [0.05, 0.1) is 29.9 Å². The van der Waals surface area contributed by atoms with E-state index in [2.05, 4.69) is 42.6 Å².